The van der Waals surface area contributed by atoms with Crippen LogP contribution in [0.2, 0.25) is 0 Å². The molecule has 0 unspecified atom stereocenters. The van der Waals surface area contributed by atoms with Gasteiger partial charge in [-0.2, -0.15) is 0 Å². The van der Waals surface area contributed by atoms with Crippen molar-refractivity contribution in [2.45, 2.75) is 25.2 Å². The third-order valence-electron chi connectivity index (χ3n) is 4.14. The first-order valence-corrected chi connectivity index (χ1v) is 6.42. The van der Waals surface area contributed by atoms with Crippen molar-refractivity contribution < 1.29 is 9.53 Å². The van der Waals surface area contributed by atoms with E-state index in [0.29, 0.717) is 0 Å². The molecule has 1 aliphatic rings. The number of rotatable bonds is 3. The minimum absolute atomic E-state index is 0.267. The van der Waals surface area contributed by atoms with Crippen molar-refractivity contribution in [1.29, 1.82) is 0 Å². The summed E-state index contributed by atoms with van der Waals surface area (Å²) in [4.78, 5) is 14.4. The molecule has 0 saturated carbocycles. The molecule has 0 aromatic heterocycles. The van der Waals surface area contributed by atoms with Gasteiger partial charge in [-0.05, 0) is 57.6 Å². The zero-order valence-corrected chi connectivity index (χ0v) is 11.4. The Kier molecular flexibility index (Phi) is 3.71. The number of nitrogens with zero attached hydrogens (tertiary/aromatic N) is 1. The summed E-state index contributed by atoms with van der Waals surface area (Å²) < 4.78 is 5.27. The standard InChI is InChI=1S/C15H21NO2/c1-12(17)15(7-9-16(2)10-8-15)13-5-4-6-14(11-13)18-3/h4-6,11H,7-10H2,1-3H3. The molecule has 0 bridgehead atoms. The van der Waals surface area contributed by atoms with Gasteiger partial charge in [-0.3, -0.25) is 4.79 Å². The lowest BCUT2D eigenvalue weighted by molar-refractivity contribution is -0.124. The SMILES string of the molecule is COc1cccc(C2(C(C)=O)CCN(C)CC2)c1. The molecule has 1 fully saturated rings. The van der Waals surface area contributed by atoms with Crippen molar-refractivity contribution in [1.82, 2.24) is 4.90 Å². The van der Waals surface area contributed by atoms with Gasteiger partial charge in [0.1, 0.15) is 11.5 Å². The predicted molar refractivity (Wildman–Crippen MR) is 72.1 cm³/mol. The number of ether oxygens (including phenoxy) is 1. The number of hydrogen-bond donors (Lipinski definition) is 0. The van der Waals surface area contributed by atoms with Crippen LogP contribution >= 0.6 is 0 Å². The molecule has 1 aromatic carbocycles. The zero-order valence-electron chi connectivity index (χ0n) is 11.4. The molecule has 0 radical (unpaired) electrons. The molecule has 1 heterocycles. The van der Waals surface area contributed by atoms with Crippen LogP contribution in [0.3, 0.4) is 0 Å². The fraction of sp³-hybridized carbons (Fsp3) is 0.533. The number of carbonyl (C=O) groups is 1. The number of Topliss-reactive ketones (excluding diaryl/α,β-unsaturated/α-hetero) is 1. The Morgan fingerprint density at radius 2 is 2.00 bits per heavy atom. The number of benzene rings is 1. The fourth-order valence-electron chi connectivity index (χ4n) is 2.76. The van der Waals surface area contributed by atoms with Crippen molar-refractivity contribution in [2.24, 2.45) is 0 Å². The van der Waals surface area contributed by atoms with Crippen molar-refractivity contribution in [2.75, 3.05) is 27.2 Å². The molecular formula is C15H21NO2. The number of methoxy groups -OCH3 is 1. The summed E-state index contributed by atoms with van der Waals surface area (Å²) in [5.74, 6) is 1.09. The van der Waals surface area contributed by atoms with Gasteiger partial charge < -0.3 is 9.64 Å². The molecule has 0 spiro atoms. The first-order valence-electron chi connectivity index (χ1n) is 6.42. The van der Waals surface area contributed by atoms with Gasteiger partial charge in [0.25, 0.3) is 0 Å². The van der Waals surface area contributed by atoms with Crippen LogP contribution in [0.15, 0.2) is 24.3 Å². The monoisotopic (exact) mass is 247 g/mol. The average molecular weight is 247 g/mol. The number of piperidine rings is 1. The zero-order chi connectivity index (χ0) is 13.2. The minimum atomic E-state index is -0.318. The van der Waals surface area contributed by atoms with Gasteiger partial charge in [-0.25, -0.2) is 0 Å². The number of hydrogen-bond acceptors (Lipinski definition) is 3. The maximum absolute atomic E-state index is 12.2. The van der Waals surface area contributed by atoms with Crippen molar-refractivity contribution >= 4 is 5.78 Å². The van der Waals surface area contributed by atoms with Crippen LogP contribution in [0.5, 0.6) is 5.75 Å². The maximum atomic E-state index is 12.2. The topological polar surface area (TPSA) is 29.5 Å². The summed E-state index contributed by atoms with van der Waals surface area (Å²) in [5, 5.41) is 0. The quantitative estimate of drug-likeness (QED) is 0.820. The van der Waals surface area contributed by atoms with Crippen molar-refractivity contribution in [3.05, 3.63) is 29.8 Å². The number of ketones is 1. The lowest BCUT2D eigenvalue weighted by Gasteiger charge is -2.39. The van der Waals surface area contributed by atoms with Crippen LogP contribution in [-0.2, 0) is 10.2 Å². The summed E-state index contributed by atoms with van der Waals surface area (Å²) in [6, 6.07) is 7.95. The Morgan fingerprint density at radius 1 is 1.33 bits per heavy atom. The second-order valence-electron chi connectivity index (χ2n) is 5.17. The molecule has 0 N–H and O–H groups in total. The summed E-state index contributed by atoms with van der Waals surface area (Å²) >= 11 is 0. The van der Waals surface area contributed by atoms with E-state index < -0.39 is 0 Å². The van der Waals surface area contributed by atoms with E-state index in [-0.39, 0.29) is 11.2 Å². The van der Waals surface area contributed by atoms with Crippen molar-refractivity contribution in [3.63, 3.8) is 0 Å². The molecular weight excluding hydrogens is 226 g/mol. The molecule has 0 amide bonds. The van der Waals surface area contributed by atoms with Gasteiger partial charge in [0, 0.05) is 0 Å². The van der Waals surface area contributed by atoms with E-state index in [4.69, 9.17) is 4.74 Å². The second-order valence-corrected chi connectivity index (χ2v) is 5.17. The third-order valence-corrected chi connectivity index (χ3v) is 4.14. The molecule has 0 aliphatic carbocycles. The predicted octanol–water partition coefficient (Wildman–Crippen LogP) is 2.25. The van der Waals surface area contributed by atoms with E-state index in [9.17, 15) is 4.79 Å². The van der Waals surface area contributed by atoms with Crippen LogP contribution in [0.25, 0.3) is 0 Å². The summed E-state index contributed by atoms with van der Waals surface area (Å²) in [6.07, 6.45) is 1.79. The van der Waals surface area contributed by atoms with Gasteiger partial charge >= 0.3 is 0 Å². The van der Waals surface area contributed by atoms with E-state index >= 15 is 0 Å². The van der Waals surface area contributed by atoms with Gasteiger partial charge in [-0.15, -0.1) is 0 Å². The fourth-order valence-corrected chi connectivity index (χ4v) is 2.76. The van der Waals surface area contributed by atoms with E-state index in [0.717, 1.165) is 37.2 Å². The molecule has 98 valence electrons. The Balaban J connectivity index is 2.38. The average Bonchev–Trinajstić information content (AvgIpc) is 2.39. The minimum Gasteiger partial charge on any atom is -0.497 e. The number of carbonyl (C=O) groups excluding carboxylic acids is 1. The largest absolute Gasteiger partial charge is 0.497 e. The van der Waals surface area contributed by atoms with Gasteiger partial charge in [0.2, 0.25) is 0 Å². The summed E-state index contributed by atoms with van der Waals surface area (Å²) in [5.41, 5.74) is 0.781. The normalized spacial score (nSPS) is 19.5. The molecule has 1 saturated heterocycles. The lowest BCUT2D eigenvalue weighted by Crippen LogP contribution is -2.45. The van der Waals surface area contributed by atoms with Gasteiger partial charge in [0.15, 0.2) is 0 Å². The maximum Gasteiger partial charge on any atom is 0.140 e. The molecule has 1 aromatic rings. The molecule has 2 rings (SSSR count). The summed E-state index contributed by atoms with van der Waals surface area (Å²) in [7, 11) is 3.77. The van der Waals surface area contributed by atoms with Gasteiger partial charge in [-0.1, -0.05) is 12.1 Å². The molecule has 3 nitrogen and oxygen atoms in total. The van der Waals surface area contributed by atoms with Crippen LogP contribution < -0.4 is 4.74 Å². The smallest absolute Gasteiger partial charge is 0.140 e. The highest BCUT2D eigenvalue weighted by Gasteiger charge is 2.39. The molecule has 3 heteroatoms. The first-order chi connectivity index (χ1) is 8.58. The highest BCUT2D eigenvalue weighted by atomic mass is 16.5. The van der Waals surface area contributed by atoms with Crippen LogP contribution in [-0.4, -0.2) is 37.9 Å². The highest BCUT2D eigenvalue weighted by molar-refractivity contribution is 5.88. The van der Waals surface area contributed by atoms with E-state index in [1.54, 1.807) is 14.0 Å². The molecule has 1 aliphatic heterocycles. The van der Waals surface area contributed by atoms with Crippen LogP contribution in [0.1, 0.15) is 25.3 Å². The highest BCUT2D eigenvalue weighted by Crippen LogP contribution is 2.37. The molecule has 0 atom stereocenters. The lowest BCUT2D eigenvalue weighted by atomic mass is 9.70. The Hall–Kier alpha value is -1.35. The third kappa shape index (κ3) is 2.27. The van der Waals surface area contributed by atoms with E-state index in [1.807, 2.05) is 18.2 Å². The first kappa shape index (κ1) is 13.1. The summed E-state index contributed by atoms with van der Waals surface area (Å²) in [6.45, 7) is 3.65. The second kappa shape index (κ2) is 5.11. The van der Waals surface area contributed by atoms with Crippen LogP contribution in [0.4, 0.5) is 0 Å². The van der Waals surface area contributed by atoms with Crippen LogP contribution in [0, 0.1) is 0 Å². The Morgan fingerprint density at radius 3 is 2.56 bits per heavy atom. The molecule has 18 heavy (non-hydrogen) atoms. The Bertz CT molecular complexity index is 434. The van der Waals surface area contributed by atoms with E-state index in [2.05, 4.69) is 18.0 Å². The number of likely N-dealkylation sites (tertiary alicyclic amines) is 1. The van der Waals surface area contributed by atoms with Gasteiger partial charge in [0.05, 0.1) is 12.5 Å². The Labute approximate surface area is 109 Å². The van der Waals surface area contributed by atoms with Crippen molar-refractivity contribution in [3.8, 4) is 5.75 Å². The van der Waals surface area contributed by atoms with E-state index in [1.165, 1.54) is 0 Å².